The first-order chi connectivity index (χ1) is 55.3. The summed E-state index contributed by atoms with van der Waals surface area (Å²) in [6.45, 7) is 36.5. The van der Waals surface area contributed by atoms with Gasteiger partial charge in [-0.25, -0.2) is 35.1 Å². The standard InChI is InChI=1S/C16H20FNO6.C13H17FO2.C12H14BrFO2.C12H14FNO4.C12H16FNO2.C11H12FNO4.C8H7F2NO2/c1-6-23-14(19)16(5,15(20)24-7-2)13-10(4)9(3)12(18(21)22)8-11(13)17;1-7-6-11(14)12(9(3)8(7)2)10(4)13(15)16-5;1-6-7(2)11(8(3)12(15)16-4)10(14)5-9(6)13;1-6-7(2)11(8(3)12(15)18-4)9(13)5-10(6)14(16)17;1-6-7(2)11(8(3)12(15)16-4)9(13)5-10(6)14;1-5-6(2)10(7(3)11(14)15)8(12)4-9(5)13(16)17;1-4-5(2)8(10)6(9)3-7(4)11(12)13/h8H,6-7H2,1-5H3;6,10H,1-5H3;5,8H,1-4H3;5,8H,1-4H3;5,8H,14H2,1-4H3;4,7H,1-3H3,(H,14,15);3H,1-2H3. The van der Waals surface area contributed by atoms with Crippen molar-refractivity contribution in [3.8, 4) is 0 Å². The summed E-state index contributed by atoms with van der Waals surface area (Å²) in [6, 6.07) is 7.02. The number of carboxylic acids is 1. The Morgan fingerprint density at radius 2 is 0.642 bits per heavy atom. The van der Waals surface area contributed by atoms with E-state index in [9.17, 15) is 109 Å². The zero-order valence-electron chi connectivity index (χ0n) is 71.6. The van der Waals surface area contributed by atoms with Crippen LogP contribution in [-0.4, -0.2) is 108 Å². The van der Waals surface area contributed by atoms with Crippen molar-refractivity contribution in [3.05, 3.63) is 251 Å². The first-order valence-corrected chi connectivity index (χ1v) is 37.2. The van der Waals surface area contributed by atoms with Crippen LogP contribution in [0.5, 0.6) is 0 Å². The normalized spacial score (nSPS) is 11.8. The molecule has 7 aromatic carbocycles. The van der Waals surface area contributed by atoms with Crippen molar-refractivity contribution in [2.45, 2.75) is 194 Å². The van der Waals surface area contributed by atoms with Gasteiger partial charge >= 0.3 is 41.8 Å². The molecule has 3 N–H and O–H groups in total. The first-order valence-electron chi connectivity index (χ1n) is 36.4. The lowest BCUT2D eigenvalue weighted by molar-refractivity contribution is -0.385. The summed E-state index contributed by atoms with van der Waals surface area (Å²) in [6.07, 6.45) is 0. The number of halogens is 9. The topological polar surface area (TPSA) is 394 Å². The molecule has 0 amide bonds. The van der Waals surface area contributed by atoms with Gasteiger partial charge in [-0.15, -0.1) is 0 Å². The van der Waals surface area contributed by atoms with E-state index in [1.54, 1.807) is 62.3 Å². The van der Waals surface area contributed by atoms with Gasteiger partial charge in [-0.2, -0.15) is 0 Å². The number of nitrogen functional groups attached to an aromatic ring is 1. The number of rotatable bonds is 19. The molecule has 0 aromatic heterocycles. The number of carboxylic acid groups (broad SMARTS) is 1. The van der Waals surface area contributed by atoms with Crippen molar-refractivity contribution >= 4 is 86.2 Å². The zero-order valence-corrected chi connectivity index (χ0v) is 73.2. The van der Waals surface area contributed by atoms with Crippen molar-refractivity contribution in [2.24, 2.45) is 0 Å². The molecule has 0 aliphatic rings. The minimum atomic E-state index is -2.06. The predicted molar refractivity (Wildman–Crippen MR) is 433 cm³/mol. The number of anilines is 1. The molecule has 0 fully saturated rings. The molecule has 5 unspecified atom stereocenters. The van der Waals surface area contributed by atoms with Crippen LogP contribution in [0.1, 0.15) is 202 Å². The molecule has 120 heavy (non-hydrogen) atoms. The number of hydrogen-bond donors (Lipinski definition) is 2. The smallest absolute Gasteiger partial charge is 0.327 e. The van der Waals surface area contributed by atoms with Gasteiger partial charge in [0.15, 0.2) is 17.0 Å². The fourth-order valence-corrected chi connectivity index (χ4v) is 12.9. The Balaban J connectivity index is 0.000000705. The summed E-state index contributed by atoms with van der Waals surface area (Å²) in [4.78, 5) is 121. The van der Waals surface area contributed by atoms with E-state index in [0.29, 0.717) is 66.8 Å². The molecule has 656 valence electrons. The van der Waals surface area contributed by atoms with Crippen molar-refractivity contribution in [3.63, 3.8) is 0 Å². The Morgan fingerprint density at radius 1 is 0.383 bits per heavy atom. The van der Waals surface area contributed by atoms with E-state index >= 15 is 0 Å². The maximum absolute atomic E-state index is 14.6. The van der Waals surface area contributed by atoms with E-state index in [1.165, 1.54) is 116 Å². The van der Waals surface area contributed by atoms with Gasteiger partial charge in [0, 0.05) is 65.8 Å². The van der Waals surface area contributed by atoms with Crippen LogP contribution in [0.2, 0.25) is 0 Å². The molecule has 0 saturated heterocycles. The Kier molecular flexibility index (Phi) is 40.6. The van der Waals surface area contributed by atoms with Gasteiger partial charge in [-0.1, -0.05) is 15.9 Å². The number of nitro benzene ring substituents is 4. The van der Waals surface area contributed by atoms with Crippen LogP contribution < -0.4 is 5.73 Å². The predicted octanol–water partition coefficient (Wildman–Crippen LogP) is 19.2. The number of carbonyl (C=O) groups is 7. The van der Waals surface area contributed by atoms with E-state index < -0.39 is 143 Å². The van der Waals surface area contributed by atoms with Crippen LogP contribution in [0, 0.1) is 191 Å². The van der Waals surface area contributed by atoms with E-state index in [0.717, 1.165) is 45.5 Å². The lowest BCUT2D eigenvalue weighted by Crippen LogP contribution is -2.45. The molecule has 5 atom stereocenters. The molecule has 36 heteroatoms. The molecule has 0 bridgehead atoms. The number of carbonyl (C=O) groups excluding carboxylic acids is 6. The third kappa shape index (κ3) is 25.1. The van der Waals surface area contributed by atoms with Crippen molar-refractivity contribution in [2.75, 3.05) is 47.4 Å². The van der Waals surface area contributed by atoms with Gasteiger partial charge in [0.2, 0.25) is 0 Å². The third-order valence-electron chi connectivity index (χ3n) is 20.7. The molecular weight excluding hydrogens is 1660 g/mol. The first kappa shape index (κ1) is 106. The summed E-state index contributed by atoms with van der Waals surface area (Å²) in [7, 11) is 5.12. The van der Waals surface area contributed by atoms with Crippen LogP contribution in [0.3, 0.4) is 0 Å². The lowest BCUT2D eigenvalue weighted by Gasteiger charge is -2.28. The lowest BCUT2D eigenvalue weighted by atomic mass is 9.78. The number of nitrogens with two attached hydrogens (primary N) is 1. The number of nitro groups is 4. The number of ether oxygens (including phenoxy) is 6. The van der Waals surface area contributed by atoms with Crippen molar-refractivity contribution in [1.82, 2.24) is 0 Å². The Hall–Kier alpha value is -11.9. The van der Waals surface area contributed by atoms with Gasteiger partial charge in [-0.3, -0.25) is 74.0 Å². The van der Waals surface area contributed by atoms with Gasteiger partial charge in [0.1, 0.15) is 34.9 Å². The Bertz CT molecular complexity index is 4890. The summed E-state index contributed by atoms with van der Waals surface area (Å²) in [5.74, 6) is -14.6. The fourth-order valence-electron chi connectivity index (χ4n) is 12.4. The number of benzene rings is 7. The highest BCUT2D eigenvalue weighted by Gasteiger charge is 2.50. The quantitative estimate of drug-likeness (QED) is 0.0144. The highest BCUT2D eigenvalue weighted by Crippen LogP contribution is 2.40. The van der Waals surface area contributed by atoms with Gasteiger partial charge < -0.3 is 39.3 Å². The number of aliphatic carboxylic acids is 1. The van der Waals surface area contributed by atoms with Gasteiger partial charge in [0.25, 0.3) is 22.7 Å². The van der Waals surface area contributed by atoms with E-state index in [4.69, 9.17) is 20.3 Å². The highest BCUT2D eigenvalue weighted by atomic mass is 79.9. The molecule has 0 heterocycles. The summed E-state index contributed by atoms with van der Waals surface area (Å²) in [5.41, 5.74) is 11.4. The average molecular weight is 1760 g/mol. The van der Waals surface area contributed by atoms with E-state index in [1.807, 2.05) is 27.7 Å². The molecule has 0 aliphatic carbocycles. The number of esters is 6. The second-order valence-electron chi connectivity index (χ2n) is 27.6. The fraction of sp³-hybridized carbons (Fsp3) is 0.417. The Labute approximate surface area is 697 Å². The highest BCUT2D eigenvalue weighted by molar-refractivity contribution is 9.10. The molecule has 0 aliphatic heterocycles. The number of methoxy groups -OCH3 is 4. The second-order valence-corrected chi connectivity index (χ2v) is 28.5. The maximum atomic E-state index is 14.6. The minimum Gasteiger partial charge on any atom is -0.481 e. The monoisotopic (exact) mass is 1760 g/mol. The van der Waals surface area contributed by atoms with Crippen LogP contribution in [0.15, 0.2) is 46.9 Å². The molecule has 7 aromatic rings. The molecule has 0 saturated carbocycles. The Morgan fingerprint density at radius 3 is 0.958 bits per heavy atom. The van der Waals surface area contributed by atoms with Crippen LogP contribution in [0.4, 0.5) is 63.6 Å². The van der Waals surface area contributed by atoms with Gasteiger partial charge in [-0.05, 0) is 239 Å². The number of aryl methyl sites for hydroxylation is 1. The summed E-state index contributed by atoms with van der Waals surface area (Å²) in [5, 5.41) is 51.6. The zero-order chi connectivity index (χ0) is 93.6. The molecule has 0 spiro atoms. The summed E-state index contributed by atoms with van der Waals surface area (Å²) >= 11 is 3.28. The van der Waals surface area contributed by atoms with E-state index in [2.05, 4.69) is 34.9 Å². The van der Waals surface area contributed by atoms with Crippen LogP contribution in [0.25, 0.3) is 0 Å². The number of nitrogens with zero attached hydrogens (tertiary/aromatic N) is 4. The second kappa shape index (κ2) is 45.9. The summed E-state index contributed by atoms with van der Waals surface area (Å²) < 4.78 is 138. The average Bonchev–Trinajstić information content (AvgIpc) is 0.746. The van der Waals surface area contributed by atoms with Crippen LogP contribution in [-0.2, 0) is 67.4 Å². The number of hydrogen-bond acceptors (Lipinski definition) is 22. The molecule has 7 rings (SSSR count). The minimum absolute atomic E-state index is 0.000556. The largest absolute Gasteiger partial charge is 0.481 e. The molecular formula is C84H100BrF8N5O22. The maximum Gasteiger partial charge on any atom is 0.327 e. The van der Waals surface area contributed by atoms with E-state index in [-0.39, 0.29) is 75.2 Å². The molecule has 0 radical (unpaired) electrons. The van der Waals surface area contributed by atoms with Crippen LogP contribution >= 0.6 is 15.9 Å². The van der Waals surface area contributed by atoms with Crippen molar-refractivity contribution in [1.29, 1.82) is 0 Å². The third-order valence-corrected chi connectivity index (χ3v) is 21.5. The molecule has 27 nitrogen and oxygen atoms in total. The SMILES string of the molecule is CCOC(=O)C(C)(C(=O)OCC)c1c(F)cc([N+](=O)[O-])c(C)c1C.COC(=O)C(C)c1c(F)cc(Br)c(C)c1C.COC(=O)C(C)c1c(F)cc(C)c(C)c1C.COC(=O)C(C)c1c(F)cc(N)c(C)c1C.COC(=O)C(C)c1c(F)cc([N+](=O)[O-])c(C)c1C.Cc1c([N+](=O)[O-])cc(F)c(C(C)C(=O)O)c1C.Cc1c([N+](=O)[O-])cc(F)c(F)c1C. The van der Waals surface area contributed by atoms with Gasteiger partial charge in [0.05, 0.1) is 115 Å². The van der Waals surface area contributed by atoms with Crippen molar-refractivity contribution < 1.29 is 122 Å².